The lowest BCUT2D eigenvalue weighted by atomic mass is 10.1. The molecular weight excluding hydrogens is 286 g/mol. The van der Waals surface area contributed by atoms with Gasteiger partial charge in [-0.3, -0.25) is 0 Å². The maximum absolute atomic E-state index is 12.2. The summed E-state index contributed by atoms with van der Waals surface area (Å²) in [6.07, 6.45) is 1.99. The lowest BCUT2D eigenvalue weighted by Gasteiger charge is -1.95. The summed E-state index contributed by atoms with van der Waals surface area (Å²) in [7, 11) is -9.45. The summed E-state index contributed by atoms with van der Waals surface area (Å²) >= 11 is 0. The summed E-state index contributed by atoms with van der Waals surface area (Å²) in [6, 6.07) is 5.80. The van der Waals surface area contributed by atoms with E-state index in [-0.39, 0.29) is 0 Å². The molecule has 4 nitrogen and oxygen atoms in total. The topological polar surface area (TPSA) is 68.3 Å². The van der Waals surface area contributed by atoms with Crippen molar-refractivity contribution in [1.29, 1.82) is 0 Å². The van der Waals surface area contributed by atoms with Crippen molar-refractivity contribution in [2.45, 2.75) is 0 Å². The molecule has 0 atom stereocenters. The highest BCUT2D eigenvalue weighted by Gasteiger charge is 2.00. The Balaban J connectivity index is 3.01. The van der Waals surface area contributed by atoms with Crippen LogP contribution in [0.15, 0.2) is 35.1 Å². The van der Waals surface area contributed by atoms with E-state index in [0.717, 1.165) is 12.2 Å². The molecule has 0 unspecified atom stereocenters. The standard InChI is InChI=1S/C10H8F2O4S2/c11-17(13,14)6-4-9-2-1-3-10(8-9)5-7-18(12,15)16/h1-8H/b6-4+,7-5+. The van der Waals surface area contributed by atoms with Crippen molar-refractivity contribution in [2.24, 2.45) is 0 Å². The monoisotopic (exact) mass is 294 g/mol. The van der Waals surface area contributed by atoms with Gasteiger partial charge in [0.25, 0.3) is 0 Å². The number of hydrogen-bond donors (Lipinski definition) is 0. The van der Waals surface area contributed by atoms with Crippen LogP contribution in [0.5, 0.6) is 0 Å². The van der Waals surface area contributed by atoms with Crippen molar-refractivity contribution in [3.63, 3.8) is 0 Å². The fraction of sp³-hybridized carbons (Fsp3) is 0. The van der Waals surface area contributed by atoms with Crippen LogP contribution in [0, 0.1) is 0 Å². The predicted octanol–water partition coefficient (Wildman–Crippen LogP) is 2.23. The lowest BCUT2D eigenvalue weighted by molar-refractivity contribution is 0.561. The fourth-order valence-electron chi connectivity index (χ4n) is 1.09. The third-order valence-electron chi connectivity index (χ3n) is 1.76. The minimum absolute atomic E-state index is 0.328. The SMILES string of the molecule is O=S(=O)(F)/C=C/c1cccc(/C=C/S(=O)(=O)F)c1. The van der Waals surface area contributed by atoms with E-state index in [9.17, 15) is 24.6 Å². The van der Waals surface area contributed by atoms with Gasteiger partial charge in [0.05, 0.1) is 10.8 Å². The van der Waals surface area contributed by atoms with Gasteiger partial charge in [0.1, 0.15) is 0 Å². The van der Waals surface area contributed by atoms with Gasteiger partial charge in [-0.1, -0.05) is 18.2 Å². The van der Waals surface area contributed by atoms with E-state index in [1.165, 1.54) is 24.3 Å². The first kappa shape index (κ1) is 14.5. The fourth-order valence-corrected chi connectivity index (χ4v) is 1.73. The molecule has 1 rings (SSSR count). The highest BCUT2D eigenvalue weighted by molar-refractivity contribution is 7.89. The Morgan fingerprint density at radius 1 is 0.833 bits per heavy atom. The van der Waals surface area contributed by atoms with Gasteiger partial charge in [-0.05, 0) is 29.3 Å². The zero-order valence-electron chi connectivity index (χ0n) is 8.82. The van der Waals surface area contributed by atoms with Gasteiger partial charge >= 0.3 is 20.4 Å². The second-order valence-corrected chi connectivity index (χ2v) is 5.67. The van der Waals surface area contributed by atoms with Crippen molar-refractivity contribution in [3.8, 4) is 0 Å². The zero-order chi connectivity index (χ0) is 13.8. The van der Waals surface area contributed by atoms with Gasteiger partial charge in [0.2, 0.25) is 0 Å². The molecule has 0 aliphatic carbocycles. The minimum Gasteiger partial charge on any atom is -0.190 e. The molecule has 1 aromatic carbocycles. The van der Waals surface area contributed by atoms with Crippen LogP contribution in [0.3, 0.4) is 0 Å². The third-order valence-corrected chi connectivity index (χ3v) is 2.68. The molecule has 0 aliphatic rings. The molecule has 0 spiro atoms. The van der Waals surface area contributed by atoms with Gasteiger partial charge in [-0.2, -0.15) is 16.8 Å². The highest BCUT2D eigenvalue weighted by Crippen LogP contribution is 2.11. The van der Waals surface area contributed by atoms with Crippen LogP contribution in [-0.4, -0.2) is 16.8 Å². The van der Waals surface area contributed by atoms with Crippen LogP contribution >= 0.6 is 0 Å². The van der Waals surface area contributed by atoms with Crippen LogP contribution in [-0.2, 0) is 20.4 Å². The molecule has 0 amide bonds. The first-order valence-electron chi connectivity index (χ1n) is 4.51. The number of benzene rings is 1. The lowest BCUT2D eigenvalue weighted by Crippen LogP contribution is -1.83. The van der Waals surface area contributed by atoms with Crippen LogP contribution in [0.1, 0.15) is 11.1 Å². The Kier molecular flexibility index (Phi) is 4.36. The predicted molar refractivity (Wildman–Crippen MR) is 64.6 cm³/mol. The molecule has 0 aromatic heterocycles. The maximum Gasteiger partial charge on any atom is 0.325 e. The Morgan fingerprint density at radius 2 is 1.22 bits per heavy atom. The molecule has 0 saturated carbocycles. The Morgan fingerprint density at radius 3 is 1.56 bits per heavy atom. The van der Waals surface area contributed by atoms with Crippen molar-refractivity contribution in [1.82, 2.24) is 0 Å². The first-order chi connectivity index (χ1) is 8.16. The van der Waals surface area contributed by atoms with Crippen molar-refractivity contribution in [3.05, 3.63) is 46.2 Å². The summed E-state index contributed by atoms with van der Waals surface area (Å²) in [5.41, 5.74) is 0.657. The second-order valence-electron chi connectivity index (χ2n) is 3.23. The van der Waals surface area contributed by atoms with Gasteiger partial charge in [0.15, 0.2) is 0 Å². The summed E-state index contributed by atoms with van der Waals surface area (Å²) in [4.78, 5) is 0. The molecule has 0 radical (unpaired) electrons. The minimum atomic E-state index is -4.73. The van der Waals surface area contributed by atoms with Crippen LogP contribution < -0.4 is 0 Å². The van der Waals surface area contributed by atoms with Crippen LogP contribution in [0.25, 0.3) is 12.2 Å². The van der Waals surface area contributed by atoms with Gasteiger partial charge < -0.3 is 0 Å². The molecule has 0 heterocycles. The Labute approximate surface area is 104 Å². The van der Waals surface area contributed by atoms with Crippen molar-refractivity contribution < 1.29 is 24.6 Å². The average molecular weight is 294 g/mol. The molecule has 0 saturated heterocycles. The smallest absolute Gasteiger partial charge is 0.190 e. The van der Waals surface area contributed by atoms with Gasteiger partial charge in [-0.15, -0.1) is 7.77 Å². The molecule has 0 fully saturated rings. The van der Waals surface area contributed by atoms with Crippen molar-refractivity contribution >= 4 is 32.6 Å². The number of hydrogen-bond acceptors (Lipinski definition) is 4. The largest absolute Gasteiger partial charge is 0.325 e. The molecule has 0 bridgehead atoms. The van der Waals surface area contributed by atoms with Crippen LogP contribution in [0.2, 0.25) is 0 Å². The summed E-state index contributed by atoms with van der Waals surface area (Å²) in [5.74, 6) is 0. The number of rotatable bonds is 4. The van der Waals surface area contributed by atoms with E-state index in [0.29, 0.717) is 21.9 Å². The van der Waals surface area contributed by atoms with E-state index in [2.05, 4.69) is 0 Å². The number of halogens is 2. The van der Waals surface area contributed by atoms with E-state index in [1.807, 2.05) is 0 Å². The average Bonchev–Trinajstić information content (AvgIpc) is 2.22. The van der Waals surface area contributed by atoms with Gasteiger partial charge in [-0.25, -0.2) is 0 Å². The normalized spacial score (nSPS) is 13.4. The van der Waals surface area contributed by atoms with Gasteiger partial charge in [0, 0.05) is 0 Å². The van der Waals surface area contributed by atoms with E-state index in [4.69, 9.17) is 0 Å². The molecule has 98 valence electrons. The first-order valence-corrected chi connectivity index (χ1v) is 7.41. The molecule has 8 heteroatoms. The Hall–Kier alpha value is -1.54. The maximum atomic E-state index is 12.2. The van der Waals surface area contributed by atoms with Crippen LogP contribution in [0.4, 0.5) is 7.77 Å². The zero-order valence-corrected chi connectivity index (χ0v) is 10.5. The van der Waals surface area contributed by atoms with Crippen molar-refractivity contribution in [2.75, 3.05) is 0 Å². The highest BCUT2D eigenvalue weighted by atomic mass is 32.3. The second kappa shape index (κ2) is 5.40. The summed E-state index contributed by atoms with van der Waals surface area (Å²) < 4.78 is 65.4. The molecule has 0 aliphatic heterocycles. The summed E-state index contributed by atoms with van der Waals surface area (Å²) in [5, 5.41) is 0.726. The quantitative estimate of drug-likeness (QED) is 0.799. The third kappa shape index (κ3) is 6.26. The van der Waals surface area contributed by atoms with E-state index in [1.54, 1.807) is 0 Å². The summed E-state index contributed by atoms with van der Waals surface area (Å²) in [6.45, 7) is 0. The molecule has 18 heavy (non-hydrogen) atoms. The van der Waals surface area contributed by atoms with E-state index >= 15 is 0 Å². The molecule has 0 N–H and O–H groups in total. The van der Waals surface area contributed by atoms with E-state index < -0.39 is 20.4 Å². The molecular formula is C10H8F2O4S2. The molecule has 1 aromatic rings. The Bertz CT molecular complexity index is 631.